The maximum Gasteiger partial charge on any atom is 0.221 e. The van der Waals surface area contributed by atoms with Gasteiger partial charge in [-0.25, -0.2) is 4.39 Å². The predicted octanol–water partition coefficient (Wildman–Crippen LogP) is 5.41. The monoisotopic (exact) mass is 415 g/mol. The van der Waals surface area contributed by atoms with E-state index in [4.69, 9.17) is 0 Å². The van der Waals surface area contributed by atoms with Crippen molar-refractivity contribution in [1.82, 2.24) is 15.3 Å². The molecule has 1 atom stereocenters. The van der Waals surface area contributed by atoms with Crippen LogP contribution < -0.4 is 5.32 Å². The minimum Gasteiger partial charge on any atom is -0.361 e. The second kappa shape index (κ2) is 9.13. The maximum atomic E-state index is 14.9. The largest absolute Gasteiger partial charge is 0.361 e. The summed E-state index contributed by atoms with van der Waals surface area (Å²) >= 11 is 0. The quantitative estimate of drug-likeness (QED) is 0.424. The Morgan fingerprint density at radius 2 is 1.94 bits per heavy atom. The Hall–Kier alpha value is -3.47. The third-order valence-electron chi connectivity index (χ3n) is 5.75. The van der Waals surface area contributed by atoms with Gasteiger partial charge in [0.15, 0.2) is 0 Å². The molecule has 0 bridgehead atoms. The maximum absolute atomic E-state index is 14.9. The van der Waals surface area contributed by atoms with Crippen LogP contribution in [-0.2, 0) is 17.8 Å². The van der Waals surface area contributed by atoms with Crippen LogP contribution in [0.4, 0.5) is 4.39 Å². The van der Waals surface area contributed by atoms with Crippen LogP contribution in [0.5, 0.6) is 0 Å². The van der Waals surface area contributed by atoms with Gasteiger partial charge in [-0.1, -0.05) is 42.8 Å². The SMILES string of the molecule is CCc1cccc2c([C@@H](CC(=O)NCc3ccncc3)c3cc(C)ccc3F)c[nH]c12. The molecule has 0 aliphatic heterocycles. The number of aryl methyl sites for hydroxylation is 2. The summed E-state index contributed by atoms with van der Waals surface area (Å²) in [6.07, 6.45) is 6.38. The van der Waals surface area contributed by atoms with Gasteiger partial charge in [-0.15, -0.1) is 0 Å². The lowest BCUT2D eigenvalue weighted by Crippen LogP contribution is -2.25. The molecule has 31 heavy (non-hydrogen) atoms. The molecule has 0 saturated heterocycles. The number of halogens is 1. The van der Waals surface area contributed by atoms with E-state index < -0.39 is 5.92 Å². The molecule has 5 heteroatoms. The number of benzene rings is 2. The van der Waals surface area contributed by atoms with E-state index in [9.17, 15) is 9.18 Å². The first-order valence-electron chi connectivity index (χ1n) is 10.6. The summed E-state index contributed by atoms with van der Waals surface area (Å²) < 4.78 is 14.9. The van der Waals surface area contributed by atoms with E-state index in [0.29, 0.717) is 12.1 Å². The highest BCUT2D eigenvalue weighted by molar-refractivity contribution is 5.88. The van der Waals surface area contributed by atoms with Crippen molar-refractivity contribution in [1.29, 1.82) is 0 Å². The van der Waals surface area contributed by atoms with E-state index in [0.717, 1.165) is 34.0 Å². The number of fused-ring (bicyclic) bond motifs is 1. The van der Waals surface area contributed by atoms with Crippen molar-refractivity contribution in [2.45, 2.75) is 39.2 Å². The Bertz CT molecular complexity index is 1200. The molecule has 0 spiro atoms. The summed E-state index contributed by atoms with van der Waals surface area (Å²) in [7, 11) is 0. The van der Waals surface area contributed by atoms with Crippen LogP contribution >= 0.6 is 0 Å². The fraction of sp³-hybridized carbons (Fsp3) is 0.231. The number of nitrogens with one attached hydrogen (secondary N) is 2. The van der Waals surface area contributed by atoms with Crippen LogP contribution in [-0.4, -0.2) is 15.9 Å². The summed E-state index contributed by atoms with van der Waals surface area (Å²) in [6, 6.07) is 15.0. The summed E-state index contributed by atoms with van der Waals surface area (Å²) in [5.74, 6) is -0.805. The number of aromatic nitrogens is 2. The standard InChI is InChI=1S/C26H26FN3O/c1-3-19-5-4-6-20-23(16-30-26(19)20)21(22-13-17(2)7-8-24(22)27)14-25(31)29-15-18-9-11-28-12-10-18/h4-13,16,21,30H,3,14-15H2,1-2H3,(H,29,31)/t21-/m0/s1. The van der Waals surface area contributed by atoms with Gasteiger partial charge in [0.05, 0.1) is 0 Å². The average Bonchev–Trinajstić information content (AvgIpc) is 3.22. The Kier molecular flexibility index (Phi) is 6.12. The van der Waals surface area contributed by atoms with Gasteiger partial charge in [0.25, 0.3) is 0 Å². The number of H-pyrrole nitrogens is 1. The van der Waals surface area contributed by atoms with E-state index >= 15 is 0 Å². The van der Waals surface area contributed by atoms with Crippen LogP contribution in [0.25, 0.3) is 10.9 Å². The molecule has 158 valence electrons. The zero-order chi connectivity index (χ0) is 21.8. The molecule has 0 fully saturated rings. The van der Waals surface area contributed by atoms with Gasteiger partial charge in [0.1, 0.15) is 5.82 Å². The lowest BCUT2D eigenvalue weighted by Gasteiger charge is -2.19. The second-order valence-electron chi connectivity index (χ2n) is 7.85. The predicted molar refractivity (Wildman–Crippen MR) is 121 cm³/mol. The number of carbonyl (C=O) groups is 1. The summed E-state index contributed by atoms with van der Waals surface area (Å²) in [6.45, 7) is 4.46. The van der Waals surface area contributed by atoms with Crippen LogP contribution in [0.15, 0.2) is 67.1 Å². The van der Waals surface area contributed by atoms with Gasteiger partial charge >= 0.3 is 0 Å². The molecule has 4 rings (SSSR count). The number of aromatic amines is 1. The third-order valence-corrected chi connectivity index (χ3v) is 5.75. The Morgan fingerprint density at radius 1 is 1.13 bits per heavy atom. The van der Waals surface area contributed by atoms with Crippen LogP contribution in [0.2, 0.25) is 0 Å². The number of hydrogen-bond donors (Lipinski definition) is 2. The van der Waals surface area contributed by atoms with Gasteiger partial charge in [-0.05, 0) is 53.8 Å². The van der Waals surface area contributed by atoms with Crippen molar-refractivity contribution in [3.8, 4) is 0 Å². The van der Waals surface area contributed by atoms with Gasteiger partial charge in [0.2, 0.25) is 5.91 Å². The zero-order valence-electron chi connectivity index (χ0n) is 17.8. The topological polar surface area (TPSA) is 57.8 Å². The zero-order valence-corrected chi connectivity index (χ0v) is 17.8. The molecule has 0 aliphatic rings. The number of nitrogens with zero attached hydrogens (tertiary/aromatic N) is 1. The molecule has 0 unspecified atom stereocenters. The lowest BCUT2D eigenvalue weighted by atomic mass is 9.86. The van der Waals surface area contributed by atoms with Crippen molar-refractivity contribution < 1.29 is 9.18 Å². The number of hydrogen-bond acceptors (Lipinski definition) is 2. The van der Waals surface area contributed by atoms with E-state index in [2.05, 4.69) is 28.3 Å². The first kappa shape index (κ1) is 20.8. The van der Waals surface area contributed by atoms with Crippen LogP contribution in [0.3, 0.4) is 0 Å². The lowest BCUT2D eigenvalue weighted by molar-refractivity contribution is -0.121. The van der Waals surface area contributed by atoms with E-state index in [-0.39, 0.29) is 18.1 Å². The van der Waals surface area contributed by atoms with E-state index in [1.165, 1.54) is 11.6 Å². The highest BCUT2D eigenvalue weighted by Crippen LogP contribution is 2.36. The molecule has 2 aromatic carbocycles. The molecular formula is C26H26FN3O. The number of carbonyl (C=O) groups excluding carboxylic acids is 1. The minimum atomic E-state index is -0.391. The van der Waals surface area contributed by atoms with Gasteiger partial charge < -0.3 is 10.3 Å². The van der Waals surface area contributed by atoms with Gasteiger partial charge in [0, 0.05) is 48.4 Å². The third kappa shape index (κ3) is 4.50. The molecule has 2 N–H and O–H groups in total. The molecule has 2 aromatic heterocycles. The van der Waals surface area contributed by atoms with E-state index in [1.54, 1.807) is 18.5 Å². The normalized spacial score (nSPS) is 12.1. The van der Waals surface area contributed by atoms with Gasteiger partial charge in [-0.2, -0.15) is 0 Å². The first-order chi connectivity index (χ1) is 15.1. The smallest absolute Gasteiger partial charge is 0.221 e. The number of amides is 1. The van der Waals surface area contributed by atoms with Crippen LogP contribution in [0.1, 0.15) is 47.1 Å². The highest BCUT2D eigenvalue weighted by Gasteiger charge is 2.24. The van der Waals surface area contributed by atoms with Crippen molar-refractivity contribution in [2.75, 3.05) is 0 Å². The second-order valence-corrected chi connectivity index (χ2v) is 7.85. The van der Waals surface area contributed by atoms with Crippen molar-refractivity contribution >= 4 is 16.8 Å². The molecule has 0 aliphatic carbocycles. The summed E-state index contributed by atoms with van der Waals surface area (Å²) in [5.41, 5.74) is 5.68. The Balaban J connectivity index is 1.69. The summed E-state index contributed by atoms with van der Waals surface area (Å²) in [4.78, 5) is 20.3. The first-order valence-corrected chi connectivity index (χ1v) is 10.6. The number of para-hydroxylation sites is 1. The molecule has 0 radical (unpaired) electrons. The highest BCUT2D eigenvalue weighted by atomic mass is 19.1. The molecule has 0 saturated carbocycles. The number of pyridine rings is 1. The van der Waals surface area contributed by atoms with Crippen molar-refractivity contribution in [3.63, 3.8) is 0 Å². The van der Waals surface area contributed by atoms with E-state index in [1.807, 2.05) is 43.5 Å². The molecule has 4 aromatic rings. The Labute approximate surface area is 181 Å². The average molecular weight is 416 g/mol. The number of rotatable bonds is 7. The Morgan fingerprint density at radius 3 is 2.71 bits per heavy atom. The fourth-order valence-corrected chi connectivity index (χ4v) is 4.10. The fourth-order valence-electron chi connectivity index (χ4n) is 4.10. The van der Waals surface area contributed by atoms with Crippen molar-refractivity contribution in [3.05, 3.63) is 101 Å². The molecular weight excluding hydrogens is 389 g/mol. The molecule has 2 heterocycles. The minimum absolute atomic E-state index is 0.122. The molecule has 4 nitrogen and oxygen atoms in total. The van der Waals surface area contributed by atoms with Gasteiger partial charge in [-0.3, -0.25) is 9.78 Å². The summed E-state index contributed by atoms with van der Waals surface area (Å²) in [5, 5.41) is 4.00. The van der Waals surface area contributed by atoms with Crippen LogP contribution in [0, 0.1) is 12.7 Å². The van der Waals surface area contributed by atoms with Crippen molar-refractivity contribution in [2.24, 2.45) is 0 Å². The molecule has 1 amide bonds.